The molecule has 2 atom stereocenters. The van der Waals surface area contributed by atoms with Crippen LogP contribution in [0.2, 0.25) is 0 Å². The molecule has 2 aliphatic rings. The van der Waals surface area contributed by atoms with Crippen LogP contribution in [0.15, 0.2) is 0 Å². The maximum atomic E-state index is 12.0. The van der Waals surface area contributed by atoms with E-state index in [9.17, 15) is 4.79 Å². The van der Waals surface area contributed by atoms with E-state index in [0.717, 1.165) is 31.0 Å². The lowest BCUT2D eigenvalue weighted by Gasteiger charge is -2.32. The average Bonchev–Trinajstić information content (AvgIpc) is 3.15. The molecule has 6 heteroatoms. The Morgan fingerprint density at radius 3 is 2.89 bits per heavy atom. The van der Waals surface area contributed by atoms with Crippen LogP contribution in [-0.2, 0) is 4.79 Å². The van der Waals surface area contributed by atoms with Crippen LogP contribution < -0.4 is 5.73 Å². The summed E-state index contributed by atoms with van der Waals surface area (Å²) >= 11 is 0. The number of likely N-dealkylation sites (tertiary alicyclic amines) is 1. The first-order chi connectivity index (χ1) is 9.15. The highest BCUT2D eigenvalue weighted by Gasteiger charge is 2.31. The summed E-state index contributed by atoms with van der Waals surface area (Å²) in [6.45, 7) is 3.24. The molecular weight excluding hydrogens is 242 g/mol. The number of H-pyrrole nitrogens is 1. The number of hydrogen-bond donors (Lipinski definition) is 2. The van der Waals surface area contributed by atoms with Gasteiger partial charge in [-0.15, -0.1) is 0 Å². The van der Waals surface area contributed by atoms with E-state index >= 15 is 0 Å². The maximum Gasteiger partial charge on any atom is 0.239 e. The molecule has 1 amide bonds. The van der Waals surface area contributed by atoms with Crippen LogP contribution in [0.1, 0.15) is 56.1 Å². The van der Waals surface area contributed by atoms with Crippen LogP contribution in [0, 0.1) is 0 Å². The molecule has 1 aliphatic carbocycles. The number of aromatic nitrogens is 3. The van der Waals surface area contributed by atoms with Crippen molar-refractivity contribution in [2.24, 2.45) is 5.73 Å². The molecule has 0 aromatic carbocycles. The molecule has 1 aromatic rings. The van der Waals surface area contributed by atoms with Gasteiger partial charge in [-0.1, -0.05) is 0 Å². The number of piperidine rings is 1. The quantitative estimate of drug-likeness (QED) is 0.841. The molecule has 2 heterocycles. The zero-order chi connectivity index (χ0) is 13.4. The molecule has 1 saturated heterocycles. The minimum Gasteiger partial charge on any atom is -0.341 e. The topological polar surface area (TPSA) is 87.9 Å². The smallest absolute Gasteiger partial charge is 0.239 e. The third-order valence-electron chi connectivity index (χ3n) is 3.97. The summed E-state index contributed by atoms with van der Waals surface area (Å²) in [6.07, 6.45) is 4.48. The number of nitrogens with zero attached hydrogens (tertiary/aromatic N) is 3. The lowest BCUT2D eigenvalue weighted by Crippen LogP contribution is -2.46. The second-order valence-corrected chi connectivity index (χ2v) is 5.77. The number of hydrogen-bond acceptors (Lipinski definition) is 4. The summed E-state index contributed by atoms with van der Waals surface area (Å²) in [5.41, 5.74) is 5.67. The molecule has 19 heavy (non-hydrogen) atoms. The van der Waals surface area contributed by atoms with Gasteiger partial charge in [0, 0.05) is 24.9 Å². The van der Waals surface area contributed by atoms with Crippen molar-refractivity contribution in [3.05, 3.63) is 11.6 Å². The van der Waals surface area contributed by atoms with Crippen LogP contribution in [0.3, 0.4) is 0 Å². The number of carbonyl (C=O) groups excluding carboxylic acids is 1. The summed E-state index contributed by atoms with van der Waals surface area (Å²) in [7, 11) is 0. The first kappa shape index (κ1) is 12.6. The molecule has 1 aromatic heterocycles. The van der Waals surface area contributed by atoms with Gasteiger partial charge in [0.15, 0.2) is 5.82 Å². The predicted octanol–water partition coefficient (Wildman–Crippen LogP) is 0.735. The van der Waals surface area contributed by atoms with Gasteiger partial charge in [-0.25, -0.2) is 4.98 Å². The average molecular weight is 263 g/mol. The van der Waals surface area contributed by atoms with Crippen LogP contribution >= 0.6 is 0 Å². The Morgan fingerprint density at radius 2 is 2.21 bits per heavy atom. The number of aromatic amines is 1. The molecule has 3 rings (SSSR count). The second kappa shape index (κ2) is 4.92. The second-order valence-electron chi connectivity index (χ2n) is 5.77. The van der Waals surface area contributed by atoms with Gasteiger partial charge in [0.05, 0.1) is 6.04 Å². The molecule has 3 N–H and O–H groups in total. The Hall–Kier alpha value is -1.43. The summed E-state index contributed by atoms with van der Waals surface area (Å²) < 4.78 is 0. The fraction of sp³-hybridized carbons (Fsp3) is 0.769. The van der Waals surface area contributed by atoms with Crippen molar-refractivity contribution in [2.45, 2.75) is 50.5 Å². The third-order valence-corrected chi connectivity index (χ3v) is 3.97. The van der Waals surface area contributed by atoms with Crippen LogP contribution in [0.25, 0.3) is 0 Å². The predicted molar refractivity (Wildman–Crippen MR) is 70.6 cm³/mol. The minimum atomic E-state index is -0.423. The highest BCUT2D eigenvalue weighted by atomic mass is 16.2. The van der Waals surface area contributed by atoms with Gasteiger partial charge >= 0.3 is 0 Å². The van der Waals surface area contributed by atoms with E-state index in [2.05, 4.69) is 15.2 Å². The molecule has 104 valence electrons. The van der Waals surface area contributed by atoms with Gasteiger partial charge in [-0.3, -0.25) is 9.89 Å². The highest BCUT2D eigenvalue weighted by Crippen LogP contribution is 2.38. The van der Waals surface area contributed by atoms with E-state index in [0.29, 0.717) is 12.5 Å². The lowest BCUT2D eigenvalue weighted by atomic mass is 9.97. The van der Waals surface area contributed by atoms with Crippen LogP contribution in [-0.4, -0.2) is 45.1 Å². The van der Waals surface area contributed by atoms with Gasteiger partial charge in [0.2, 0.25) is 5.91 Å². The fourth-order valence-electron chi connectivity index (χ4n) is 2.69. The fourth-order valence-corrected chi connectivity index (χ4v) is 2.69. The zero-order valence-electron chi connectivity index (χ0n) is 11.3. The van der Waals surface area contributed by atoms with Gasteiger partial charge in [0.25, 0.3) is 0 Å². The van der Waals surface area contributed by atoms with Gasteiger partial charge < -0.3 is 10.6 Å². The molecule has 0 bridgehead atoms. The van der Waals surface area contributed by atoms with Gasteiger partial charge in [-0.2, -0.15) is 5.10 Å². The molecule has 2 unspecified atom stereocenters. The minimum absolute atomic E-state index is 0.0302. The van der Waals surface area contributed by atoms with Crippen molar-refractivity contribution in [2.75, 3.05) is 13.1 Å². The third kappa shape index (κ3) is 2.63. The van der Waals surface area contributed by atoms with Crippen molar-refractivity contribution in [1.29, 1.82) is 0 Å². The Labute approximate surface area is 112 Å². The van der Waals surface area contributed by atoms with Crippen molar-refractivity contribution in [3.8, 4) is 0 Å². The number of nitrogens with one attached hydrogen (secondary N) is 1. The van der Waals surface area contributed by atoms with E-state index in [4.69, 9.17) is 5.73 Å². The highest BCUT2D eigenvalue weighted by molar-refractivity contribution is 5.81. The molecule has 1 saturated carbocycles. The first-order valence-corrected chi connectivity index (χ1v) is 7.11. The molecular formula is C13H21N5O. The summed E-state index contributed by atoms with van der Waals surface area (Å²) in [5, 5.41) is 7.38. The molecule has 6 nitrogen and oxygen atoms in total. The maximum absolute atomic E-state index is 12.0. The first-order valence-electron chi connectivity index (χ1n) is 7.11. The SMILES string of the molecule is CC(N)C(=O)N1CCCC(c2n[nH]c(C3CC3)n2)C1. The van der Waals surface area contributed by atoms with E-state index in [1.807, 2.05) is 4.90 Å². The Balaban J connectivity index is 1.68. The van der Waals surface area contributed by atoms with E-state index in [-0.39, 0.29) is 11.8 Å². The van der Waals surface area contributed by atoms with Crippen molar-refractivity contribution in [1.82, 2.24) is 20.1 Å². The molecule has 0 radical (unpaired) electrons. The lowest BCUT2D eigenvalue weighted by molar-refractivity contribution is -0.133. The zero-order valence-corrected chi connectivity index (χ0v) is 11.3. The summed E-state index contributed by atoms with van der Waals surface area (Å²) in [5.74, 6) is 2.75. The molecule has 2 fully saturated rings. The number of carbonyl (C=O) groups is 1. The standard InChI is InChI=1S/C13H21N5O/c1-8(14)13(19)18-6-2-3-10(7-18)12-15-11(16-17-12)9-4-5-9/h8-10H,2-7,14H2,1H3,(H,15,16,17). The van der Waals surface area contributed by atoms with Crippen molar-refractivity contribution in [3.63, 3.8) is 0 Å². The number of rotatable bonds is 3. The van der Waals surface area contributed by atoms with E-state index in [1.165, 1.54) is 12.8 Å². The molecule has 0 spiro atoms. The summed E-state index contributed by atoms with van der Waals surface area (Å²) in [4.78, 5) is 18.4. The van der Waals surface area contributed by atoms with E-state index < -0.39 is 6.04 Å². The largest absolute Gasteiger partial charge is 0.341 e. The van der Waals surface area contributed by atoms with Gasteiger partial charge in [0.1, 0.15) is 5.82 Å². The van der Waals surface area contributed by atoms with Crippen LogP contribution in [0.4, 0.5) is 0 Å². The Morgan fingerprint density at radius 1 is 1.42 bits per heavy atom. The Kier molecular flexibility index (Phi) is 3.26. The number of nitrogens with two attached hydrogens (primary N) is 1. The van der Waals surface area contributed by atoms with E-state index in [1.54, 1.807) is 6.92 Å². The summed E-state index contributed by atoms with van der Waals surface area (Å²) in [6, 6.07) is -0.423. The van der Waals surface area contributed by atoms with Crippen LogP contribution in [0.5, 0.6) is 0 Å². The van der Waals surface area contributed by atoms with Crippen molar-refractivity contribution >= 4 is 5.91 Å². The molecule has 1 aliphatic heterocycles. The van der Waals surface area contributed by atoms with Gasteiger partial charge in [-0.05, 0) is 32.6 Å². The monoisotopic (exact) mass is 263 g/mol. The number of amides is 1. The van der Waals surface area contributed by atoms with Crippen molar-refractivity contribution < 1.29 is 4.79 Å². The Bertz CT molecular complexity index is 465. The normalized spacial score (nSPS) is 25.4.